The van der Waals surface area contributed by atoms with Crippen molar-refractivity contribution in [1.82, 2.24) is 9.97 Å². The number of hydrogen-bond donors (Lipinski definition) is 1. The standard InChI is InChI=1S/C19H13F3N4O5/c1-30-18(27)11-6-8-12(9-7-11)31-17-15(26(28)29)16(23-10-24-17)25-14-5-3-2-4-13(14)19(20,21)22/h2-10H,1H3,(H,23,24,25). The van der Waals surface area contributed by atoms with E-state index in [4.69, 9.17) is 4.74 Å². The summed E-state index contributed by atoms with van der Waals surface area (Å²) in [6, 6.07) is 9.91. The highest BCUT2D eigenvalue weighted by atomic mass is 19.4. The highest BCUT2D eigenvalue weighted by molar-refractivity contribution is 5.89. The Balaban J connectivity index is 1.96. The van der Waals surface area contributed by atoms with Crippen molar-refractivity contribution in [1.29, 1.82) is 0 Å². The van der Waals surface area contributed by atoms with Crippen molar-refractivity contribution in [3.05, 3.63) is 76.1 Å². The number of anilines is 2. The Bertz CT molecular complexity index is 1120. The number of alkyl halides is 3. The number of methoxy groups -OCH3 is 1. The zero-order valence-electron chi connectivity index (χ0n) is 15.7. The number of rotatable bonds is 6. The molecule has 0 fully saturated rings. The molecule has 0 aliphatic rings. The molecule has 1 heterocycles. The monoisotopic (exact) mass is 434 g/mol. The molecule has 0 saturated carbocycles. The minimum Gasteiger partial charge on any atom is -0.465 e. The van der Waals surface area contributed by atoms with Gasteiger partial charge in [-0.3, -0.25) is 10.1 Å². The molecule has 9 nitrogen and oxygen atoms in total. The van der Waals surface area contributed by atoms with Gasteiger partial charge >= 0.3 is 23.7 Å². The lowest BCUT2D eigenvalue weighted by Crippen LogP contribution is -2.10. The van der Waals surface area contributed by atoms with Gasteiger partial charge in [0.1, 0.15) is 12.1 Å². The van der Waals surface area contributed by atoms with Crippen LogP contribution in [-0.2, 0) is 10.9 Å². The average Bonchev–Trinajstić information content (AvgIpc) is 2.73. The highest BCUT2D eigenvalue weighted by Gasteiger charge is 2.34. The molecular formula is C19H13F3N4O5. The van der Waals surface area contributed by atoms with Crippen LogP contribution in [0.15, 0.2) is 54.9 Å². The molecular weight excluding hydrogens is 421 g/mol. The van der Waals surface area contributed by atoms with E-state index in [-0.39, 0.29) is 11.3 Å². The third kappa shape index (κ3) is 4.86. The maximum Gasteiger partial charge on any atom is 0.418 e. The van der Waals surface area contributed by atoms with Crippen LogP contribution in [0.25, 0.3) is 0 Å². The first-order valence-corrected chi connectivity index (χ1v) is 8.49. The lowest BCUT2D eigenvalue weighted by atomic mass is 10.1. The molecule has 31 heavy (non-hydrogen) atoms. The van der Waals surface area contributed by atoms with Crippen LogP contribution < -0.4 is 10.1 Å². The Morgan fingerprint density at radius 2 is 1.77 bits per heavy atom. The van der Waals surface area contributed by atoms with E-state index in [1.54, 1.807) is 0 Å². The van der Waals surface area contributed by atoms with Crippen LogP contribution in [0.5, 0.6) is 11.6 Å². The molecule has 1 N–H and O–H groups in total. The van der Waals surface area contributed by atoms with E-state index in [1.165, 1.54) is 43.5 Å². The lowest BCUT2D eigenvalue weighted by molar-refractivity contribution is -0.385. The van der Waals surface area contributed by atoms with Crippen LogP contribution in [0, 0.1) is 10.1 Å². The first-order valence-electron chi connectivity index (χ1n) is 8.49. The number of carbonyl (C=O) groups excluding carboxylic acids is 1. The summed E-state index contributed by atoms with van der Waals surface area (Å²) in [5.74, 6) is -1.49. The predicted octanol–water partition coefficient (Wildman–Crippen LogP) is 4.73. The van der Waals surface area contributed by atoms with E-state index >= 15 is 0 Å². The van der Waals surface area contributed by atoms with Gasteiger partial charge in [0.2, 0.25) is 5.82 Å². The molecule has 0 saturated heterocycles. The Labute approximate surface area is 172 Å². The normalized spacial score (nSPS) is 11.0. The summed E-state index contributed by atoms with van der Waals surface area (Å²) >= 11 is 0. The number of hydrogen-bond acceptors (Lipinski definition) is 8. The second-order valence-corrected chi connectivity index (χ2v) is 5.92. The van der Waals surface area contributed by atoms with Gasteiger partial charge in [0.15, 0.2) is 0 Å². The third-order valence-electron chi connectivity index (χ3n) is 3.95. The van der Waals surface area contributed by atoms with Crippen LogP contribution in [-0.4, -0.2) is 28.0 Å². The number of para-hydroxylation sites is 1. The molecule has 3 aromatic rings. The Morgan fingerprint density at radius 1 is 1.10 bits per heavy atom. The van der Waals surface area contributed by atoms with Gasteiger partial charge in [-0.2, -0.15) is 18.2 Å². The van der Waals surface area contributed by atoms with Crippen molar-refractivity contribution >= 4 is 23.2 Å². The largest absolute Gasteiger partial charge is 0.465 e. The Hall–Kier alpha value is -4.22. The van der Waals surface area contributed by atoms with Gasteiger partial charge in [0, 0.05) is 0 Å². The SMILES string of the molecule is COC(=O)c1ccc(Oc2ncnc(Nc3ccccc3C(F)(F)F)c2[N+](=O)[O-])cc1. The highest BCUT2D eigenvalue weighted by Crippen LogP contribution is 2.39. The zero-order chi connectivity index (χ0) is 22.6. The van der Waals surface area contributed by atoms with Gasteiger partial charge in [-0.05, 0) is 36.4 Å². The maximum absolute atomic E-state index is 13.2. The summed E-state index contributed by atoms with van der Waals surface area (Å²) in [5, 5.41) is 13.9. The second kappa shape index (κ2) is 8.65. The van der Waals surface area contributed by atoms with E-state index in [9.17, 15) is 28.1 Å². The zero-order valence-corrected chi connectivity index (χ0v) is 15.7. The number of nitrogens with one attached hydrogen (secondary N) is 1. The first-order chi connectivity index (χ1) is 14.7. The van der Waals surface area contributed by atoms with Crippen LogP contribution in [0.1, 0.15) is 15.9 Å². The number of nitro groups is 1. The van der Waals surface area contributed by atoms with Crippen molar-refractivity contribution in [2.75, 3.05) is 12.4 Å². The van der Waals surface area contributed by atoms with E-state index in [2.05, 4.69) is 20.0 Å². The van der Waals surface area contributed by atoms with Crippen molar-refractivity contribution in [2.24, 2.45) is 0 Å². The second-order valence-electron chi connectivity index (χ2n) is 5.92. The van der Waals surface area contributed by atoms with Gasteiger partial charge in [0.25, 0.3) is 0 Å². The molecule has 0 atom stereocenters. The molecule has 0 unspecified atom stereocenters. The van der Waals surface area contributed by atoms with Gasteiger partial charge in [-0.15, -0.1) is 0 Å². The number of halogens is 3. The first kappa shape index (κ1) is 21.5. The fourth-order valence-electron chi connectivity index (χ4n) is 2.55. The van der Waals surface area contributed by atoms with Gasteiger partial charge < -0.3 is 14.8 Å². The maximum atomic E-state index is 13.2. The smallest absolute Gasteiger partial charge is 0.418 e. The fourth-order valence-corrected chi connectivity index (χ4v) is 2.55. The molecule has 0 radical (unpaired) electrons. The summed E-state index contributed by atoms with van der Waals surface area (Å²) in [4.78, 5) is 29.6. The third-order valence-corrected chi connectivity index (χ3v) is 3.95. The molecule has 1 aromatic heterocycles. The van der Waals surface area contributed by atoms with Crippen LogP contribution in [0.2, 0.25) is 0 Å². The van der Waals surface area contributed by atoms with Crippen LogP contribution in [0.4, 0.5) is 30.4 Å². The van der Waals surface area contributed by atoms with Crippen molar-refractivity contribution < 1.29 is 32.4 Å². The van der Waals surface area contributed by atoms with Gasteiger partial charge in [-0.1, -0.05) is 12.1 Å². The minimum atomic E-state index is -4.69. The van der Waals surface area contributed by atoms with E-state index in [0.717, 1.165) is 18.5 Å². The van der Waals surface area contributed by atoms with E-state index < -0.39 is 45.7 Å². The lowest BCUT2D eigenvalue weighted by Gasteiger charge is -2.14. The summed E-state index contributed by atoms with van der Waals surface area (Å²) < 4.78 is 49.7. The van der Waals surface area contributed by atoms with Crippen LogP contribution >= 0.6 is 0 Å². The van der Waals surface area contributed by atoms with Crippen molar-refractivity contribution in [3.8, 4) is 11.6 Å². The topological polar surface area (TPSA) is 116 Å². The number of nitrogens with zero attached hydrogens (tertiary/aromatic N) is 3. The predicted molar refractivity (Wildman–Crippen MR) is 101 cm³/mol. The fraction of sp³-hybridized carbons (Fsp3) is 0.105. The number of benzene rings is 2. The molecule has 0 amide bonds. The van der Waals surface area contributed by atoms with Crippen molar-refractivity contribution in [3.63, 3.8) is 0 Å². The van der Waals surface area contributed by atoms with Gasteiger partial charge in [0.05, 0.1) is 28.8 Å². The van der Waals surface area contributed by atoms with E-state index in [1.807, 2.05) is 0 Å². The molecule has 0 aliphatic carbocycles. The van der Waals surface area contributed by atoms with Gasteiger partial charge in [-0.25, -0.2) is 9.78 Å². The Kier molecular flexibility index (Phi) is 6.00. The summed E-state index contributed by atoms with van der Waals surface area (Å²) in [6.45, 7) is 0. The minimum absolute atomic E-state index is 0.0936. The Morgan fingerprint density at radius 3 is 2.39 bits per heavy atom. The molecule has 2 aromatic carbocycles. The molecule has 0 bridgehead atoms. The number of esters is 1. The molecule has 0 spiro atoms. The number of carbonyl (C=O) groups is 1. The number of aromatic nitrogens is 2. The summed E-state index contributed by atoms with van der Waals surface area (Å²) in [6.07, 6.45) is -3.78. The quantitative estimate of drug-likeness (QED) is 0.336. The molecule has 160 valence electrons. The van der Waals surface area contributed by atoms with Crippen LogP contribution in [0.3, 0.4) is 0 Å². The molecule has 3 rings (SSSR count). The average molecular weight is 434 g/mol. The summed E-state index contributed by atoms with van der Waals surface area (Å²) in [7, 11) is 1.21. The van der Waals surface area contributed by atoms with E-state index in [0.29, 0.717) is 0 Å². The molecule has 12 heteroatoms. The summed E-state index contributed by atoms with van der Waals surface area (Å²) in [5.41, 5.74) is -2.00. The molecule has 0 aliphatic heterocycles. The van der Waals surface area contributed by atoms with Crippen molar-refractivity contribution in [2.45, 2.75) is 6.18 Å². The number of ether oxygens (including phenoxy) is 2.